The highest BCUT2D eigenvalue weighted by Crippen LogP contribution is 2.11. The van der Waals surface area contributed by atoms with Crippen LogP contribution in [0.15, 0.2) is 36.4 Å². The van der Waals surface area contributed by atoms with Crippen molar-refractivity contribution in [1.82, 2.24) is 5.48 Å². The zero-order valence-electron chi connectivity index (χ0n) is 8.29. The molecule has 16 heavy (non-hydrogen) atoms. The molecular formula is C10H10N2O3S. The normalized spacial score (nSPS) is 12.9. The Hall–Kier alpha value is -1.68. The highest BCUT2D eigenvalue weighted by Gasteiger charge is 2.02. The smallest absolute Gasteiger partial charge is 0.282 e. The van der Waals surface area contributed by atoms with Crippen molar-refractivity contribution in [2.24, 2.45) is 0 Å². The number of hydrogen-bond acceptors (Lipinski definition) is 4. The van der Waals surface area contributed by atoms with Crippen molar-refractivity contribution in [3.05, 3.63) is 42.0 Å². The summed E-state index contributed by atoms with van der Waals surface area (Å²) in [5.41, 5.74) is 3.57. The van der Waals surface area contributed by atoms with Crippen molar-refractivity contribution in [3.63, 3.8) is 0 Å². The number of allylic oxidation sites excluding steroid dienone is 1. The highest BCUT2D eigenvalue weighted by atomic mass is 32.2. The number of nitriles is 1. The Morgan fingerprint density at radius 3 is 2.81 bits per heavy atom. The second-order valence-corrected chi connectivity index (χ2v) is 3.35. The maximum atomic E-state index is 10.3. The standard InChI is InChI=1S/C10H10N2O3S/c11-8-4-7-10(12-15-16(13)14)9-5-2-1-3-6-9/h1-3,5-7,12H,4H2,(H,13,14). The third kappa shape index (κ3) is 4.23. The number of hydrogen-bond donors (Lipinski definition) is 2. The van der Waals surface area contributed by atoms with Crippen molar-refractivity contribution in [3.8, 4) is 6.07 Å². The van der Waals surface area contributed by atoms with Gasteiger partial charge in [-0.1, -0.05) is 30.3 Å². The zero-order valence-corrected chi connectivity index (χ0v) is 9.11. The lowest BCUT2D eigenvalue weighted by Gasteiger charge is -2.07. The summed E-state index contributed by atoms with van der Waals surface area (Å²) >= 11 is -2.40. The fourth-order valence-electron chi connectivity index (χ4n) is 1.06. The lowest BCUT2D eigenvalue weighted by Crippen LogP contribution is -2.14. The molecule has 1 unspecified atom stereocenters. The highest BCUT2D eigenvalue weighted by molar-refractivity contribution is 7.74. The number of rotatable bonds is 5. The van der Waals surface area contributed by atoms with Crippen LogP contribution in [0.5, 0.6) is 0 Å². The molecule has 0 aliphatic heterocycles. The van der Waals surface area contributed by atoms with E-state index in [1.807, 2.05) is 24.3 Å². The largest absolute Gasteiger partial charge is 0.324 e. The lowest BCUT2D eigenvalue weighted by molar-refractivity contribution is 0.250. The van der Waals surface area contributed by atoms with E-state index in [2.05, 4.69) is 9.76 Å². The molecular weight excluding hydrogens is 228 g/mol. The summed E-state index contributed by atoms with van der Waals surface area (Å²) in [6, 6.07) is 11.0. The molecule has 0 amide bonds. The second-order valence-electron chi connectivity index (χ2n) is 2.75. The third-order valence-corrected chi connectivity index (χ3v) is 1.93. The number of hydroxylamine groups is 1. The van der Waals surface area contributed by atoms with Crippen LogP contribution in [0.2, 0.25) is 0 Å². The van der Waals surface area contributed by atoms with Crippen LogP contribution in [0.3, 0.4) is 0 Å². The molecule has 2 N–H and O–H groups in total. The fourth-order valence-corrected chi connectivity index (χ4v) is 1.23. The lowest BCUT2D eigenvalue weighted by atomic mass is 10.1. The predicted octanol–water partition coefficient (Wildman–Crippen LogP) is 1.60. The molecule has 1 aromatic carbocycles. The molecule has 1 atom stereocenters. The molecule has 5 nitrogen and oxygen atoms in total. The van der Waals surface area contributed by atoms with Gasteiger partial charge in [0.1, 0.15) is 0 Å². The van der Waals surface area contributed by atoms with Crippen LogP contribution in [-0.2, 0) is 15.6 Å². The van der Waals surface area contributed by atoms with E-state index in [0.717, 1.165) is 5.56 Å². The molecule has 0 heterocycles. The molecule has 0 spiro atoms. The maximum Gasteiger partial charge on any atom is 0.324 e. The molecule has 84 valence electrons. The summed E-state index contributed by atoms with van der Waals surface area (Å²) in [5.74, 6) is 0. The monoisotopic (exact) mass is 238 g/mol. The Morgan fingerprint density at radius 2 is 2.25 bits per heavy atom. The van der Waals surface area contributed by atoms with E-state index in [1.54, 1.807) is 18.2 Å². The van der Waals surface area contributed by atoms with Gasteiger partial charge in [-0.2, -0.15) is 9.47 Å². The molecule has 1 aromatic rings. The summed E-state index contributed by atoms with van der Waals surface area (Å²) in [7, 11) is 0. The van der Waals surface area contributed by atoms with E-state index in [1.165, 1.54) is 0 Å². The SMILES string of the molecule is N#CCC=C(NOS(=O)O)c1ccccc1. The van der Waals surface area contributed by atoms with Crippen molar-refractivity contribution in [2.45, 2.75) is 6.42 Å². The Labute approximate surface area is 95.8 Å². The molecule has 0 saturated heterocycles. The molecule has 0 bridgehead atoms. The van der Waals surface area contributed by atoms with Crippen molar-refractivity contribution < 1.29 is 13.0 Å². The molecule has 0 aromatic heterocycles. The second kappa shape index (κ2) is 6.74. The molecule has 0 aliphatic carbocycles. The van der Waals surface area contributed by atoms with Crippen molar-refractivity contribution >= 4 is 17.1 Å². The van der Waals surface area contributed by atoms with Gasteiger partial charge in [0.15, 0.2) is 0 Å². The quantitative estimate of drug-likeness (QED) is 0.601. The van der Waals surface area contributed by atoms with Gasteiger partial charge in [0, 0.05) is 0 Å². The van der Waals surface area contributed by atoms with E-state index in [4.69, 9.17) is 9.81 Å². The minimum absolute atomic E-state index is 0.179. The van der Waals surface area contributed by atoms with E-state index < -0.39 is 11.4 Å². The van der Waals surface area contributed by atoms with Crippen LogP contribution >= 0.6 is 0 Å². The molecule has 6 heteroatoms. The first-order chi connectivity index (χ1) is 7.74. The van der Waals surface area contributed by atoms with E-state index in [0.29, 0.717) is 5.70 Å². The van der Waals surface area contributed by atoms with Crippen LogP contribution in [0.4, 0.5) is 0 Å². The van der Waals surface area contributed by atoms with Crippen LogP contribution in [0.1, 0.15) is 12.0 Å². The summed E-state index contributed by atoms with van der Waals surface area (Å²) in [6.45, 7) is 0. The fraction of sp³-hybridized carbons (Fsp3) is 0.100. The zero-order chi connectivity index (χ0) is 11.8. The van der Waals surface area contributed by atoms with Gasteiger partial charge < -0.3 is 0 Å². The maximum absolute atomic E-state index is 10.3. The minimum atomic E-state index is -2.40. The average Bonchev–Trinajstić information content (AvgIpc) is 2.30. The van der Waals surface area contributed by atoms with Crippen LogP contribution in [0, 0.1) is 11.3 Å². The van der Waals surface area contributed by atoms with Gasteiger partial charge in [0.25, 0.3) is 0 Å². The summed E-state index contributed by atoms with van der Waals surface area (Å²) in [4.78, 5) is 0. The Morgan fingerprint density at radius 1 is 1.56 bits per heavy atom. The van der Waals surface area contributed by atoms with Gasteiger partial charge in [-0.25, -0.2) is 5.48 Å². The number of nitrogens with zero attached hydrogens (tertiary/aromatic N) is 1. The van der Waals surface area contributed by atoms with Gasteiger partial charge in [-0.05, 0) is 11.6 Å². The summed E-state index contributed by atoms with van der Waals surface area (Å²) in [5, 5.41) is 8.47. The van der Waals surface area contributed by atoms with E-state index in [-0.39, 0.29) is 6.42 Å². The van der Waals surface area contributed by atoms with Crippen molar-refractivity contribution in [2.75, 3.05) is 0 Å². The average molecular weight is 238 g/mol. The van der Waals surface area contributed by atoms with Crippen LogP contribution in [-0.4, -0.2) is 8.76 Å². The third-order valence-electron chi connectivity index (χ3n) is 1.71. The van der Waals surface area contributed by atoms with Crippen LogP contribution in [0.25, 0.3) is 5.70 Å². The number of benzene rings is 1. The Bertz CT molecular complexity index is 425. The van der Waals surface area contributed by atoms with Gasteiger partial charge in [-0.3, -0.25) is 4.55 Å². The molecule has 0 saturated carbocycles. The molecule has 0 radical (unpaired) electrons. The molecule has 0 fully saturated rings. The van der Waals surface area contributed by atoms with Gasteiger partial charge in [-0.15, -0.1) is 4.28 Å². The molecule has 1 rings (SSSR count). The Balaban J connectivity index is 2.80. The first kappa shape index (κ1) is 12.4. The van der Waals surface area contributed by atoms with Gasteiger partial charge >= 0.3 is 11.4 Å². The Kier molecular flexibility index (Phi) is 5.22. The number of nitrogens with one attached hydrogen (secondary N) is 1. The predicted molar refractivity (Wildman–Crippen MR) is 59.6 cm³/mol. The van der Waals surface area contributed by atoms with E-state index >= 15 is 0 Å². The van der Waals surface area contributed by atoms with Gasteiger partial charge in [0.05, 0.1) is 18.2 Å². The first-order valence-corrected chi connectivity index (χ1v) is 5.44. The first-order valence-electron chi connectivity index (χ1n) is 4.40. The topological polar surface area (TPSA) is 82.3 Å². The van der Waals surface area contributed by atoms with E-state index in [9.17, 15) is 4.21 Å². The van der Waals surface area contributed by atoms with Gasteiger partial charge in [0.2, 0.25) is 0 Å². The van der Waals surface area contributed by atoms with Crippen LogP contribution < -0.4 is 5.48 Å². The molecule has 0 aliphatic rings. The van der Waals surface area contributed by atoms with Crippen molar-refractivity contribution in [1.29, 1.82) is 5.26 Å². The minimum Gasteiger partial charge on any atom is -0.282 e. The summed E-state index contributed by atoms with van der Waals surface area (Å²) in [6.07, 6.45) is 1.75. The summed E-state index contributed by atoms with van der Waals surface area (Å²) < 4.78 is 23.2.